The molecule has 0 spiro atoms. The van der Waals surface area contributed by atoms with Crippen LogP contribution in [0.3, 0.4) is 0 Å². The lowest BCUT2D eigenvalue weighted by atomic mass is 9.68. The lowest BCUT2D eigenvalue weighted by Gasteiger charge is -2.45. The molecule has 1 heterocycles. The summed E-state index contributed by atoms with van der Waals surface area (Å²) in [4.78, 5) is 26.4. The molecule has 2 aromatic carbocycles. The van der Waals surface area contributed by atoms with Gasteiger partial charge >= 0.3 is 5.97 Å². The maximum Gasteiger partial charge on any atom is 0.333 e. The second-order valence-electron chi connectivity index (χ2n) is 6.53. The van der Waals surface area contributed by atoms with E-state index in [9.17, 15) is 14.9 Å². The fourth-order valence-electron chi connectivity index (χ4n) is 3.81. The smallest absolute Gasteiger partial charge is 0.333 e. The molecule has 2 atom stereocenters. The Morgan fingerprint density at radius 1 is 1.14 bits per heavy atom. The van der Waals surface area contributed by atoms with Gasteiger partial charge in [-0.2, -0.15) is 5.26 Å². The molecular formula is C23H20N2O3. The molecule has 3 rings (SSSR count). The number of nitrogens with zero attached hydrogens (tertiary/aromatic N) is 2. The Morgan fingerprint density at radius 2 is 1.79 bits per heavy atom. The van der Waals surface area contributed by atoms with Crippen molar-refractivity contribution in [2.75, 3.05) is 7.11 Å². The molecular weight excluding hydrogens is 352 g/mol. The van der Waals surface area contributed by atoms with Gasteiger partial charge in [0.15, 0.2) is 5.54 Å². The van der Waals surface area contributed by atoms with Crippen LogP contribution < -0.4 is 0 Å². The first-order chi connectivity index (χ1) is 13.5. The summed E-state index contributed by atoms with van der Waals surface area (Å²) in [5.74, 6) is -1.76. The first-order valence-corrected chi connectivity index (χ1v) is 8.78. The fourth-order valence-corrected chi connectivity index (χ4v) is 3.81. The highest BCUT2D eigenvalue weighted by molar-refractivity contribution is 5.91. The van der Waals surface area contributed by atoms with Gasteiger partial charge in [0.25, 0.3) is 0 Å². The zero-order valence-electron chi connectivity index (χ0n) is 15.8. The van der Waals surface area contributed by atoms with Crippen molar-refractivity contribution in [2.45, 2.75) is 18.4 Å². The summed E-state index contributed by atoms with van der Waals surface area (Å²) >= 11 is 0. The largest absolute Gasteiger partial charge is 0.466 e. The molecule has 140 valence electrons. The number of methoxy groups -OCH3 is 1. The number of hydrogen-bond donors (Lipinski definition) is 0. The van der Waals surface area contributed by atoms with Crippen LogP contribution in [0.25, 0.3) is 6.08 Å². The van der Waals surface area contributed by atoms with Gasteiger partial charge in [0.2, 0.25) is 5.91 Å². The third-order valence-electron chi connectivity index (χ3n) is 5.01. The van der Waals surface area contributed by atoms with Crippen LogP contribution >= 0.6 is 0 Å². The van der Waals surface area contributed by atoms with Gasteiger partial charge in [0, 0.05) is 24.3 Å². The molecule has 0 fully saturated rings. The number of carbonyl (C=O) groups excluding carboxylic acids is 2. The Hall–Kier alpha value is -3.65. The van der Waals surface area contributed by atoms with Crippen LogP contribution in [0.1, 0.15) is 29.5 Å². The van der Waals surface area contributed by atoms with Crippen molar-refractivity contribution in [1.29, 1.82) is 5.26 Å². The topological polar surface area (TPSA) is 70.4 Å². The lowest BCUT2D eigenvalue weighted by molar-refractivity contribution is -0.138. The van der Waals surface area contributed by atoms with E-state index in [1.807, 2.05) is 48.5 Å². The standard InChI is InChI=1S/C23H20N2O3/c1-16(22(27)28-3)21(19-10-5-4-6-11-19)23(15-24)20-12-8-7-9-18(20)13-14-25(23)17(2)26/h4-14,21H,1H2,2-3H3/t21-,23-/m0/s1. The van der Waals surface area contributed by atoms with E-state index in [0.29, 0.717) is 11.1 Å². The van der Waals surface area contributed by atoms with Gasteiger partial charge in [-0.3, -0.25) is 9.69 Å². The molecule has 1 aliphatic heterocycles. The Labute approximate surface area is 164 Å². The molecule has 0 aromatic heterocycles. The lowest BCUT2D eigenvalue weighted by Crippen LogP contribution is -2.51. The van der Waals surface area contributed by atoms with E-state index in [-0.39, 0.29) is 11.5 Å². The number of ether oxygens (including phenoxy) is 1. The number of amides is 1. The van der Waals surface area contributed by atoms with Crippen molar-refractivity contribution in [3.8, 4) is 6.07 Å². The van der Waals surface area contributed by atoms with Crippen LogP contribution in [0.2, 0.25) is 0 Å². The molecule has 5 nitrogen and oxygen atoms in total. The predicted molar refractivity (Wildman–Crippen MR) is 106 cm³/mol. The summed E-state index contributed by atoms with van der Waals surface area (Å²) in [6.07, 6.45) is 3.38. The van der Waals surface area contributed by atoms with Crippen LogP contribution in [-0.2, 0) is 19.9 Å². The Morgan fingerprint density at radius 3 is 2.39 bits per heavy atom. The maximum absolute atomic E-state index is 12.6. The second kappa shape index (κ2) is 7.53. The Kier molecular flexibility index (Phi) is 5.14. The minimum Gasteiger partial charge on any atom is -0.466 e. The summed E-state index contributed by atoms with van der Waals surface area (Å²) < 4.78 is 4.91. The summed E-state index contributed by atoms with van der Waals surface area (Å²) in [7, 11) is 1.27. The molecule has 0 saturated heterocycles. The molecule has 0 aliphatic carbocycles. The third kappa shape index (κ3) is 2.89. The number of hydrogen-bond acceptors (Lipinski definition) is 4. The molecule has 1 amide bonds. The van der Waals surface area contributed by atoms with Crippen LogP contribution in [0, 0.1) is 11.3 Å². The van der Waals surface area contributed by atoms with Crippen molar-refractivity contribution in [1.82, 2.24) is 4.90 Å². The number of rotatable bonds is 4. The van der Waals surface area contributed by atoms with E-state index >= 15 is 0 Å². The zero-order chi connectivity index (χ0) is 20.3. The first kappa shape index (κ1) is 19.1. The van der Waals surface area contributed by atoms with E-state index in [1.54, 1.807) is 18.3 Å². The summed E-state index contributed by atoms with van der Waals surface area (Å²) in [6.45, 7) is 5.35. The van der Waals surface area contributed by atoms with Gasteiger partial charge in [0.05, 0.1) is 19.1 Å². The van der Waals surface area contributed by atoms with Crippen LogP contribution in [0.4, 0.5) is 0 Å². The Bertz CT molecular complexity index is 1000. The molecule has 0 radical (unpaired) electrons. The molecule has 28 heavy (non-hydrogen) atoms. The van der Waals surface area contributed by atoms with E-state index in [2.05, 4.69) is 12.6 Å². The SMILES string of the molecule is C=C(C(=O)OC)[C@@H](c1ccccc1)[C@]1(C#N)c2ccccc2C=CN1C(C)=O. The van der Waals surface area contributed by atoms with Crippen molar-refractivity contribution in [3.05, 3.63) is 89.6 Å². The monoisotopic (exact) mass is 372 g/mol. The average molecular weight is 372 g/mol. The van der Waals surface area contributed by atoms with Crippen molar-refractivity contribution >= 4 is 18.0 Å². The minimum atomic E-state index is -1.48. The van der Waals surface area contributed by atoms with E-state index in [1.165, 1.54) is 18.9 Å². The maximum atomic E-state index is 12.6. The number of esters is 1. The predicted octanol–water partition coefficient (Wildman–Crippen LogP) is 3.75. The van der Waals surface area contributed by atoms with Crippen LogP contribution in [-0.4, -0.2) is 23.9 Å². The molecule has 0 saturated carbocycles. The van der Waals surface area contributed by atoms with Gasteiger partial charge < -0.3 is 4.74 Å². The molecule has 2 aromatic rings. The van der Waals surface area contributed by atoms with Gasteiger partial charge in [-0.05, 0) is 17.2 Å². The molecule has 0 bridgehead atoms. The summed E-state index contributed by atoms with van der Waals surface area (Å²) in [5.41, 5.74) is 0.751. The molecule has 1 aliphatic rings. The minimum absolute atomic E-state index is 0.103. The molecule has 0 unspecified atom stereocenters. The molecule has 5 heteroatoms. The number of nitriles is 1. The van der Waals surface area contributed by atoms with E-state index in [0.717, 1.165) is 5.56 Å². The number of fused-ring (bicyclic) bond motifs is 1. The van der Waals surface area contributed by atoms with Gasteiger partial charge in [0.1, 0.15) is 0 Å². The zero-order valence-corrected chi connectivity index (χ0v) is 15.8. The first-order valence-electron chi connectivity index (χ1n) is 8.78. The van der Waals surface area contributed by atoms with Crippen LogP contribution in [0.5, 0.6) is 0 Å². The normalized spacial score (nSPS) is 18.5. The average Bonchev–Trinajstić information content (AvgIpc) is 2.73. The van der Waals surface area contributed by atoms with Gasteiger partial charge in [-0.1, -0.05) is 61.2 Å². The summed E-state index contributed by atoms with van der Waals surface area (Å²) in [5, 5.41) is 10.5. The second-order valence-corrected chi connectivity index (χ2v) is 6.53. The molecule has 0 N–H and O–H groups in total. The fraction of sp³-hybridized carbons (Fsp3) is 0.174. The highest BCUT2D eigenvalue weighted by Gasteiger charge is 2.52. The van der Waals surface area contributed by atoms with Crippen molar-refractivity contribution < 1.29 is 14.3 Å². The van der Waals surface area contributed by atoms with Crippen molar-refractivity contribution in [2.24, 2.45) is 0 Å². The third-order valence-corrected chi connectivity index (χ3v) is 5.01. The van der Waals surface area contributed by atoms with E-state index in [4.69, 9.17) is 4.74 Å². The van der Waals surface area contributed by atoms with E-state index < -0.39 is 17.4 Å². The highest BCUT2D eigenvalue weighted by atomic mass is 16.5. The number of carbonyl (C=O) groups is 2. The Balaban J connectivity index is 2.38. The van der Waals surface area contributed by atoms with Crippen LogP contribution in [0.15, 0.2) is 72.9 Å². The van der Waals surface area contributed by atoms with Gasteiger partial charge in [-0.25, -0.2) is 4.79 Å². The quantitative estimate of drug-likeness (QED) is 0.605. The van der Waals surface area contributed by atoms with Gasteiger partial charge in [-0.15, -0.1) is 0 Å². The summed E-state index contributed by atoms with van der Waals surface area (Å²) in [6, 6.07) is 18.8. The highest BCUT2D eigenvalue weighted by Crippen LogP contribution is 2.49. The number of benzene rings is 2. The van der Waals surface area contributed by atoms with Crippen molar-refractivity contribution in [3.63, 3.8) is 0 Å².